The van der Waals surface area contributed by atoms with Crippen LogP contribution in [0.2, 0.25) is 0 Å². The van der Waals surface area contributed by atoms with Gasteiger partial charge in [0.2, 0.25) is 0 Å². The molecule has 4 aromatic rings. The van der Waals surface area contributed by atoms with Gasteiger partial charge in [0.05, 0.1) is 22.7 Å². The lowest BCUT2D eigenvalue weighted by Gasteiger charge is -2.08. The minimum absolute atomic E-state index is 0.207. The number of nitrogens with zero attached hydrogens (tertiary/aromatic N) is 4. The number of rotatable bonds is 5. The molecule has 8 heteroatoms. The van der Waals surface area contributed by atoms with Crippen molar-refractivity contribution in [1.29, 1.82) is 0 Å². The molecule has 0 atom stereocenters. The van der Waals surface area contributed by atoms with Crippen molar-refractivity contribution in [2.45, 2.75) is 13.8 Å². The summed E-state index contributed by atoms with van der Waals surface area (Å²) >= 11 is 0. The maximum atomic E-state index is 9.59. The Hall–Kier alpha value is -4.72. The van der Waals surface area contributed by atoms with Gasteiger partial charge in [-0.05, 0) is 84.6 Å². The van der Waals surface area contributed by atoms with Gasteiger partial charge in [0.15, 0.2) is 23.0 Å². The topological polar surface area (TPSA) is 130 Å². The molecule has 0 aliphatic carbocycles. The van der Waals surface area contributed by atoms with Crippen LogP contribution in [0.15, 0.2) is 93.3 Å². The molecule has 0 aliphatic rings. The van der Waals surface area contributed by atoms with Crippen molar-refractivity contribution < 1.29 is 20.4 Å². The van der Waals surface area contributed by atoms with Crippen molar-refractivity contribution in [2.75, 3.05) is 0 Å². The van der Waals surface area contributed by atoms with Gasteiger partial charge in [-0.2, -0.15) is 20.5 Å². The molecule has 4 N–H and O–H groups in total. The summed E-state index contributed by atoms with van der Waals surface area (Å²) in [4.78, 5) is 0. The number of phenols is 4. The highest BCUT2D eigenvalue weighted by molar-refractivity contribution is 5.70. The second-order valence-corrected chi connectivity index (χ2v) is 7.75. The van der Waals surface area contributed by atoms with Crippen LogP contribution in [0.5, 0.6) is 23.0 Å². The zero-order valence-electron chi connectivity index (χ0n) is 18.5. The Morgan fingerprint density at radius 3 is 1.21 bits per heavy atom. The Kier molecular flexibility index (Phi) is 6.22. The fourth-order valence-electron chi connectivity index (χ4n) is 3.27. The van der Waals surface area contributed by atoms with E-state index in [-0.39, 0.29) is 23.0 Å². The Morgan fingerprint density at radius 2 is 0.853 bits per heavy atom. The lowest BCUT2D eigenvalue weighted by Crippen LogP contribution is -1.83. The van der Waals surface area contributed by atoms with Gasteiger partial charge in [-0.25, -0.2) is 0 Å². The van der Waals surface area contributed by atoms with E-state index in [0.29, 0.717) is 22.7 Å². The summed E-state index contributed by atoms with van der Waals surface area (Å²) in [5.74, 6) is -0.907. The average Bonchev–Trinajstić information content (AvgIpc) is 2.81. The molecule has 0 spiro atoms. The number of azo groups is 2. The van der Waals surface area contributed by atoms with Gasteiger partial charge in [-0.1, -0.05) is 12.1 Å². The molecule has 4 aromatic carbocycles. The number of aromatic hydroxyl groups is 4. The van der Waals surface area contributed by atoms with Gasteiger partial charge in [0.1, 0.15) is 0 Å². The molecule has 0 saturated carbocycles. The van der Waals surface area contributed by atoms with E-state index in [1.807, 2.05) is 50.2 Å². The minimum Gasteiger partial charge on any atom is -0.504 e. The molecule has 0 unspecified atom stereocenters. The highest BCUT2D eigenvalue weighted by Gasteiger charge is 2.06. The molecule has 0 bridgehead atoms. The fourth-order valence-corrected chi connectivity index (χ4v) is 3.27. The van der Waals surface area contributed by atoms with Crippen LogP contribution >= 0.6 is 0 Å². The lowest BCUT2D eigenvalue weighted by atomic mass is 10.0. The van der Waals surface area contributed by atoms with Crippen molar-refractivity contribution in [1.82, 2.24) is 0 Å². The molecule has 0 fully saturated rings. The molecular formula is C26H22N4O4. The summed E-state index contributed by atoms with van der Waals surface area (Å²) in [5.41, 5.74) is 6.12. The van der Waals surface area contributed by atoms with Gasteiger partial charge in [-0.3, -0.25) is 0 Å². The van der Waals surface area contributed by atoms with E-state index < -0.39 is 0 Å². The predicted octanol–water partition coefficient (Wildman–Crippen LogP) is 7.62. The first-order valence-corrected chi connectivity index (χ1v) is 10.4. The molecule has 0 amide bonds. The number of phenolic OH excluding ortho intramolecular Hbond substituents is 4. The van der Waals surface area contributed by atoms with Gasteiger partial charge in [-0.15, -0.1) is 0 Å². The number of benzene rings is 4. The van der Waals surface area contributed by atoms with Crippen LogP contribution in [0, 0.1) is 13.8 Å². The van der Waals surface area contributed by atoms with Gasteiger partial charge in [0, 0.05) is 12.1 Å². The summed E-state index contributed by atoms with van der Waals surface area (Å²) in [6.07, 6.45) is 0. The first kappa shape index (κ1) is 22.5. The van der Waals surface area contributed by atoms with Crippen LogP contribution in [0.3, 0.4) is 0 Å². The zero-order valence-corrected chi connectivity index (χ0v) is 18.5. The largest absolute Gasteiger partial charge is 0.504 e. The first-order valence-electron chi connectivity index (χ1n) is 10.4. The molecule has 4 rings (SSSR count). The molecule has 0 aliphatic heterocycles. The van der Waals surface area contributed by atoms with Crippen molar-refractivity contribution >= 4 is 22.7 Å². The number of aryl methyl sites for hydroxylation is 2. The quantitative estimate of drug-likeness (QED) is 0.182. The molecule has 0 saturated heterocycles. The monoisotopic (exact) mass is 454 g/mol. The predicted molar refractivity (Wildman–Crippen MR) is 129 cm³/mol. The maximum absolute atomic E-state index is 9.59. The second kappa shape index (κ2) is 9.41. The van der Waals surface area contributed by atoms with Crippen molar-refractivity contribution in [3.05, 3.63) is 83.9 Å². The van der Waals surface area contributed by atoms with E-state index in [9.17, 15) is 20.4 Å². The highest BCUT2D eigenvalue weighted by atomic mass is 16.3. The van der Waals surface area contributed by atoms with Gasteiger partial charge < -0.3 is 20.4 Å². The zero-order chi connectivity index (χ0) is 24.2. The van der Waals surface area contributed by atoms with E-state index in [2.05, 4.69) is 20.5 Å². The van der Waals surface area contributed by atoms with Crippen molar-refractivity contribution in [3.63, 3.8) is 0 Å². The third kappa shape index (κ3) is 5.02. The number of hydrogen-bond acceptors (Lipinski definition) is 8. The van der Waals surface area contributed by atoms with Crippen LogP contribution in [0.25, 0.3) is 11.1 Å². The number of hydrogen-bond donors (Lipinski definition) is 4. The molecule has 0 radical (unpaired) electrons. The first-order chi connectivity index (χ1) is 16.3. The van der Waals surface area contributed by atoms with E-state index in [1.54, 1.807) is 12.1 Å². The Balaban J connectivity index is 1.52. The van der Waals surface area contributed by atoms with Gasteiger partial charge >= 0.3 is 0 Å². The Labute approximate surface area is 195 Å². The highest BCUT2D eigenvalue weighted by Crippen LogP contribution is 2.34. The van der Waals surface area contributed by atoms with Crippen LogP contribution in [0.4, 0.5) is 22.7 Å². The maximum Gasteiger partial charge on any atom is 0.159 e. The summed E-state index contributed by atoms with van der Waals surface area (Å²) in [7, 11) is 0. The average molecular weight is 454 g/mol. The summed E-state index contributed by atoms with van der Waals surface area (Å²) in [6.45, 7) is 3.88. The van der Waals surface area contributed by atoms with Crippen molar-refractivity contribution in [3.8, 4) is 34.1 Å². The Bertz CT molecular complexity index is 1320. The van der Waals surface area contributed by atoms with Gasteiger partial charge in [0.25, 0.3) is 0 Å². The van der Waals surface area contributed by atoms with Crippen LogP contribution in [0.1, 0.15) is 11.1 Å². The SMILES string of the molecule is Cc1cc(-c2ccc(N=Nc3ccc(O)c(O)c3)c(C)c2)ccc1N=Nc1ccc(O)c(O)c1. The fraction of sp³-hybridized carbons (Fsp3) is 0.0769. The van der Waals surface area contributed by atoms with E-state index in [1.165, 1.54) is 24.3 Å². The van der Waals surface area contributed by atoms with E-state index >= 15 is 0 Å². The molecule has 0 aromatic heterocycles. The molecular weight excluding hydrogens is 432 g/mol. The molecule has 170 valence electrons. The summed E-state index contributed by atoms with van der Waals surface area (Å²) in [5, 5.41) is 54.7. The smallest absolute Gasteiger partial charge is 0.159 e. The third-order valence-corrected chi connectivity index (χ3v) is 5.19. The van der Waals surface area contributed by atoms with Crippen molar-refractivity contribution in [2.24, 2.45) is 20.5 Å². The standard InChI is InChI=1S/C26H22N4O4/c1-15-11-17(3-7-21(15)29-27-19-5-9-23(31)25(33)13-19)18-4-8-22(16(2)12-18)30-28-20-6-10-24(32)26(34)14-20/h3-14,31-34H,1-2H3. The van der Waals surface area contributed by atoms with Crippen LogP contribution < -0.4 is 0 Å². The normalized spacial score (nSPS) is 11.5. The molecule has 0 heterocycles. The Morgan fingerprint density at radius 1 is 0.441 bits per heavy atom. The van der Waals surface area contributed by atoms with Crippen LogP contribution in [-0.2, 0) is 0 Å². The summed E-state index contributed by atoms with van der Waals surface area (Å²) in [6, 6.07) is 20.2. The minimum atomic E-state index is -0.247. The molecule has 34 heavy (non-hydrogen) atoms. The molecule has 8 nitrogen and oxygen atoms in total. The lowest BCUT2D eigenvalue weighted by molar-refractivity contribution is 0.404. The second-order valence-electron chi connectivity index (χ2n) is 7.75. The van der Waals surface area contributed by atoms with E-state index in [0.717, 1.165) is 22.3 Å². The van der Waals surface area contributed by atoms with E-state index in [4.69, 9.17) is 0 Å². The van der Waals surface area contributed by atoms with Crippen LogP contribution in [-0.4, -0.2) is 20.4 Å². The summed E-state index contributed by atoms with van der Waals surface area (Å²) < 4.78 is 0. The third-order valence-electron chi connectivity index (χ3n) is 5.19.